The number of ketones is 2. The minimum Gasteiger partial charge on any atom is -0.492 e. The second kappa shape index (κ2) is 21.4. The molecule has 0 spiro atoms. The fraction of sp³-hybridized carbons (Fsp3) is 0.512. The van der Waals surface area contributed by atoms with E-state index in [4.69, 9.17) is 14.2 Å². The van der Waals surface area contributed by atoms with Gasteiger partial charge in [0.25, 0.3) is 0 Å². The predicted molar refractivity (Wildman–Crippen MR) is 197 cm³/mol. The van der Waals surface area contributed by atoms with Crippen LogP contribution in [0.3, 0.4) is 0 Å². The number of benzene rings is 2. The first-order valence-electron chi connectivity index (χ1n) is 18.4. The van der Waals surface area contributed by atoms with Gasteiger partial charge < -0.3 is 24.4 Å². The van der Waals surface area contributed by atoms with Gasteiger partial charge in [-0.15, -0.1) is 5.10 Å². The standard InChI is InChI=1S/C41H55N3O7/c1-30-38(39(47)31(2)41(49-3)40(30)48)17-13-8-6-4-5-7-9-14-22-44-27-35(42-43-44)26-37(46)29-51-24-23-50-28-36(45)25-32-18-20-34(21-19-32)33-15-11-10-12-16-33/h10-12,15-16,18-21,27,36-37,45-46H,4-9,13-14,17,22-26,28-29H2,1-3H3/t36-,37-/m0/s1. The van der Waals surface area contributed by atoms with E-state index >= 15 is 0 Å². The number of hydrogen-bond acceptors (Lipinski definition) is 9. The Kier molecular flexibility index (Phi) is 16.7. The number of aliphatic hydroxyl groups excluding tert-OH is 2. The smallest absolute Gasteiger partial charge is 0.224 e. The van der Waals surface area contributed by atoms with E-state index in [2.05, 4.69) is 34.6 Å². The Morgan fingerprint density at radius 3 is 1.94 bits per heavy atom. The first kappa shape index (κ1) is 39.8. The number of carbonyl (C=O) groups is 2. The molecule has 1 aromatic heterocycles. The van der Waals surface area contributed by atoms with E-state index in [9.17, 15) is 19.8 Å². The van der Waals surface area contributed by atoms with Crippen molar-refractivity contribution < 1.29 is 34.0 Å². The Labute approximate surface area is 302 Å². The van der Waals surface area contributed by atoms with Crippen molar-refractivity contribution in [2.75, 3.05) is 33.5 Å². The second-order valence-corrected chi connectivity index (χ2v) is 13.4. The summed E-state index contributed by atoms with van der Waals surface area (Å²) in [4.78, 5) is 25.1. The number of nitrogens with zero attached hydrogens (tertiary/aromatic N) is 3. The van der Waals surface area contributed by atoms with Crippen LogP contribution in [0.4, 0.5) is 0 Å². The van der Waals surface area contributed by atoms with Gasteiger partial charge in [-0.1, -0.05) is 98.3 Å². The zero-order valence-electron chi connectivity index (χ0n) is 30.5. The van der Waals surface area contributed by atoms with Crippen LogP contribution >= 0.6 is 0 Å². The van der Waals surface area contributed by atoms with Crippen molar-refractivity contribution in [3.63, 3.8) is 0 Å². The molecule has 2 atom stereocenters. The molecule has 0 fully saturated rings. The lowest BCUT2D eigenvalue weighted by atomic mass is 9.86. The zero-order chi connectivity index (χ0) is 36.4. The van der Waals surface area contributed by atoms with Crippen LogP contribution in [0.15, 0.2) is 83.3 Å². The molecule has 2 aromatic carbocycles. The average Bonchev–Trinajstić information content (AvgIpc) is 3.58. The van der Waals surface area contributed by atoms with Gasteiger partial charge in [-0.3, -0.25) is 14.3 Å². The van der Waals surface area contributed by atoms with Gasteiger partial charge in [0.15, 0.2) is 11.5 Å². The number of aliphatic hydroxyl groups is 2. The maximum absolute atomic E-state index is 12.6. The molecule has 10 nitrogen and oxygen atoms in total. The largest absolute Gasteiger partial charge is 0.492 e. The molecular weight excluding hydrogens is 646 g/mol. The molecule has 0 radical (unpaired) electrons. The van der Waals surface area contributed by atoms with E-state index in [0.29, 0.717) is 49.2 Å². The fourth-order valence-corrected chi connectivity index (χ4v) is 6.35. The third-order valence-corrected chi connectivity index (χ3v) is 9.28. The van der Waals surface area contributed by atoms with Crippen LogP contribution in [-0.2, 0) is 43.2 Å². The fourth-order valence-electron chi connectivity index (χ4n) is 6.35. The molecule has 1 aliphatic rings. The lowest BCUT2D eigenvalue weighted by molar-refractivity contribution is -0.118. The molecule has 2 N–H and O–H groups in total. The number of carbonyl (C=O) groups excluding carboxylic acids is 2. The summed E-state index contributed by atoms with van der Waals surface area (Å²) in [6.45, 7) is 5.25. The lowest BCUT2D eigenvalue weighted by Crippen LogP contribution is -2.22. The molecule has 0 amide bonds. The third-order valence-electron chi connectivity index (χ3n) is 9.28. The maximum atomic E-state index is 12.6. The van der Waals surface area contributed by atoms with Gasteiger partial charge >= 0.3 is 0 Å². The summed E-state index contributed by atoms with van der Waals surface area (Å²) >= 11 is 0. The number of aryl methyl sites for hydroxylation is 1. The highest BCUT2D eigenvalue weighted by Crippen LogP contribution is 2.28. The molecule has 4 rings (SSSR count). The minimum atomic E-state index is -0.685. The number of rotatable bonds is 24. The van der Waals surface area contributed by atoms with E-state index < -0.39 is 12.2 Å². The summed E-state index contributed by atoms with van der Waals surface area (Å²) in [6, 6.07) is 18.4. The summed E-state index contributed by atoms with van der Waals surface area (Å²) in [5, 5.41) is 29.1. The number of aromatic nitrogens is 3. The normalized spacial score (nSPS) is 14.8. The van der Waals surface area contributed by atoms with Crippen LogP contribution in [0.2, 0.25) is 0 Å². The van der Waals surface area contributed by atoms with Gasteiger partial charge in [0.1, 0.15) is 0 Å². The maximum Gasteiger partial charge on any atom is 0.224 e. The molecule has 51 heavy (non-hydrogen) atoms. The monoisotopic (exact) mass is 701 g/mol. The van der Waals surface area contributed by atoms with Crippen molar-refractivity contribution in [2.24, 2.45) is 0 Å². The Balaban J connectivity index is 0.965. The number of methoxy groups -OCH3 is 1. The van der Waals surface area contributed by atoms with Crippen LogP contribution in [0, 0.1) is 0 Å². The molecule has 276 valence electrons. The van der Waals surface area contributed by atoms with Gasteiger partial charge in [0, 0.05) is 42.3 Å². The van der Waals surface area contributed by atoms with Gasteiger partial charge in [-0.25, -0.2) is 0 Å². The molecule has 3 aromatic rings. The minimum absolute atomic E-state index is 0.0580. The Bertz CT molecular complexity index is 1580. The number of ether oxygens (including phenoxy) is 3. The van der Waals surface area contributed by atoms with Crippen molar-refractivity contribution in [1.82, 2.24) is 15.0 Å². The number of Topliss-reactive ketones (excluding diaryl/α,β-unsaturated/α-hetero) is 2. The Morgan fingerprint density at radius 1 is 0.706 bits per heavy atom. The molecule has 1 heterocycles. The van der Waals surface area contributed by atoms with E-state index in [1.54, 1.807) is 13.8 Å². The average molecular weight is 702 g/mol. The summed E-state index contributed by atoms with van der Waals surface area (Å²) in [7, 11) is 1.43. The van der Waals surface area contributed by atoms with Crippen LogP contribution < -0.4 is 0 Å². The van der Waals surface area contributed by atoms with Crippen molar-refractivity contribution >= 4 is 11.6 Å². The molecule has 0 unspecified atom stereocenters. The van der Waals surface area contributed by atoms with Gasteiger partial charge in [-0.05, 0) is 49.8 Å². The summed E-state index contributed by atoms with van der Waals surface area (Å²) in [6.07, 6.45) is 10.8. The molecule has 10 heteroatoms. The van der Waals surface area contributed by atoms with E-state index in [0.717, 1.165) is 68.3 Å². The number of unbranched alkanes of at least 4 members (excludes halogenated alkanes) is 7. The van der Waals surface area contributed by atoms with Crippen LogP contribution in [0.5, 0.6) is 0 Å². The van der Waals surface area contributed by atoms with E-state index in [-0.39, 0.29) is 30.5 Å². The number of allylic oxidation sites excluding steroid dienone is 3. The predicted octanol–water partition coefficient (Wildman–Crippen LogP) is 6.38. The quantitative estimate of drug-likeness (QED) is 0.0806. The lowest BCUT2D eigenvalue weighted by Gasteiger charge is -2.19. The van der Waals surface area contributed by atoms with Crippen molar-refractivity contribution in [2.45, 2.75) is 103 Å². The number of hydrogen-bond donors (Lipinski definition) is 2. The Hall–Kier alpha value is -3.96. The second-order valence-electron chi connectivity index (χ2n) is 13.4. The van der Waals surface area contributed by atoms with Crippen molar-refractivity contribution in [3.8, 4) is 11.1 Å². The molecule has 0 aliphatic heterocycles. The van der Waals surface area contributed by atoms with Crippen LogP contribution in [0.1, 0.15) is 82.9 Å². The zero-order valence-corrected chi connectivity index (χ0v) is 30.5. The Morgan fingerprint density at radius 2 is 1.29 bits per heavy atom. The highest BCUT2D eigenvalue weighted by molar-refractivity contribution is 6.23. The molecular formula is C41H55N3O7. The summed E-state index contributed by atoms with van der Waals surface area (Å²) in [5.74, 6) is -0.0489. The van der Waals surface area contributed by atoms with E-state index in [1.807, 2.05) is 41.2 Å². The third kappa shape index (κ3) is 12.9. The van der Waals surface area contributed by atoms with Crippen molar-refractivity contribution in [1.29, 1.82) is 0 Å². The van der Waals surface area contributed by atoms with Crippen LogP contribution in [-0.4, -0.2) is 82.5 Å². The van der Waals surface area contributed by atoms with Gasteiger partial charge in [0.2, 0.25) is 5.78 Å². The molecule has 0 saturated heterocycles. The topological polar surface area (TPSA) is 133 Å². The SMILES string of the molecule is COC1=C(C)C(=O)C(CCCCCCCCCCn2cc(C[C@H](O)COCCOC[C@@H](O)Cc3ccc(-c4ccccc4)cc3)nn2)=C(C)C1=O. The van der Waals surface area contributed by atoms with E-state index in [1.165, 1.54) is 19.1 Å². The van der Waals surface area contributed by atoms with Crippen molar-refractivity contribution in [3.05, 3.63) is 94.5 Å². The summed E-state index contributed by atoms with van der Waals surface area (Å²) in [5.41, 5.74) is 5.68. The van der Waals surface area contributed by atoms with Crippen LogP contribution in [0.25, 0.3) is 11.1 Å². The molecule has 0 bridgehead atoms. The van der Waals surface area contributed by atoms with Gasteiger partial charge in [-0.2, -0.15) is 0 Å². The first-order chi connectivity index (χ1) is 24.8. The highest BCUT2D eigenvalue weighted by Gasteiger charge is 2.30. The highest BCUT2D eigenvalue weighted by atomic mass is 16.5. The summed E-state index contributed by atoms with van der Waals surface area (Å²) < 4.78 is 18.1. The molecule has 0 saturated carbocycles. The first-order valence-corrected chi connectivity index (χ1v) is 18.4. The van der Waals surface area contributed by atoms with Gasteiger partial charge in [0.05, 0.1) is 51.4 Å². The molecule has 1 aliphatic carbocycles.